The molecule has 0 bridgehead atoms. The molecule has 0 N–H and O–H groups in total. The second-order valence-corrected chi connectivity index (χ2v) is 6.42. The van der Waals surface area contributed by atoms with Crippen molar-refractivity contribution in [2.24, 2.45) is 5.92 Å². The Labute approximate surface area is 137 Å². The van der Waals surface area contributed by atoms with Gasteiger partial charge in [0.1, 0.15) is 5.75 Å². The average Bonchev–Trinajstić information content (AvgIpc) is 3.06. The highest BCUT2D eigenvalue weighted by Gasteiger charge is 2.23. The van der Waals surface area contributed by atoms with Gasteiger partial charge in [-0.3, -0.25) is 0 Å². The standard InChI is InChI=1S/C17H24ClNO3/c18-15-5-1-2-6-16(15)22-13-14-4-3-8-19(12-14)9-7-17-20-10-11-21-17/h1-2,5-6,14,17H,3-4,7-13H2/t14-/m1/s1. The molecule has 1 aromatic carbocycles. The molecular weight excluding hydrogens is 302 g/mol. The first-order chi connectivity index (χ1) is 10.8. The second-order valence-electron chi connectivity index (χ2n) is 6.01. The van der Waals surface area contributed by atoms with E-state index in [1.807, 2.05) is 24.3 Å². The van der Waals surface area contributed by atoms with Gasteiger partial charge in [-0.05, 0) is 31.5 Å². The molecule has 0 unspecified atom stereocenters. The molecule has 0 spiro atoms. The average molecular weight is 326 g/mol. The third-order valence-corrected chi connectivity index (χ3v) is 4.60. The molecule has 122 valence electrons. The molecule has 1 atom stereocenters. The maximum absolute atomic E-state index is 6.13. The predicted molar refractivity (Wildman–Crippen MR) is 86.4 cm³/mol. The summed E-state index contributed by atoms with van der Waals surface area (Å²) in [6, 6.07) is 7.67. The fourth-order valence-electron chi connectivity index (χ4n) is 3.12. The number of halogens is 1. The van der Waals surface area contributed by atoms with Gasteiger partial charge in [0.15, 0.2) is 6.29 Å². The van der Waals surface area contributed by atoms with E-state index in [0.717, 1.165) is 51.6 Å². The lowest BCUT2D eigenvalue weighted by Crippen LogP contribution is -2.39. The zero-order valence-corrected chi connectivity index (χ0v) is 13.6. The van der Waals surface area contributed by atoms with Crippen molar-refractivity contribution in [3.63, 3.8) is 0 Å². The Bertz CT molecular complexity index is 465. The molecule has 0 aromatic heterocycles. The van der Waals surface area contributed by atoms with Crippen LogP contribution < -0.4 is 4.74 Å². The van der Waals surface area contributed by atoms with Gasteiger partial charge in [0.05, 0.1) is 24.8 Å². The molecule has 2 fully saturated rings. The van der Waals surface area contributed by atoms with Crippen LogP contribution in [0.5, 0.6) is 5.75 Å². The minimum Gasteiger partial charge on any atom is -0.492 e. The van der Waals surface area contributed by atoms with Crippen molar-refractivity contribution in [3.05, 3.63) is 29.3 Å². The van der Waals surface area contributed by atoms with Crippen LogP contribution in [0.1, 0.15) is 19.3 Å². The normalized spacial score (nSPS) is 23.8. The topological polar surface area (TPSA) is 30.9 Å². The SMILES string of the molecule is Clc1ccccc1OC[C@@H]1CCCN(CCC2OCCO2)C1. The molecular formula is C17H24ClNO3. The van der Waals surface area contributed by atoms with Gasteiger partial charge in [-0.25, -0.2) is 0 Å². The van der Waals surface area contributed by atoms with Crippen molar-refractivity contribution >= 4 is 11.6 Å². The van der Waals surface area contributed by atoms with Gasteiger partial charge in [0, 0.05) is 25.4 Å². The van der Waals surface area contributed by atoms with Crippen LogP contribution in [0.4, 0.5) is 0 Å². The summed E-state index contributed by atoms with van der Waals surface area (Å²) < 4.78 is 16.9. The smallest absolute Gasteiger partial charge is 0.159 e. The first-order valence-electron chi connectivity index (χ1n) is 8.14. The van der Waals surface area contributed by atoms with Gasteiger partial charge in [0.25, 0.3) is 0 Å². The van der Waals surface area contributed by atoms with Gasteiger partial charge < -0.3 is 19.1 Å². The number of hydrogen-bond donors (Lipinski definition) is 0. The van der Waals surface area contributed by atoms with Crippen molar-refractivity contribution in [3.8, 4) is 5.75 Å². The molecule has 0 saturated carbocycles. The van der Waals surface area contributed by atoms with Gasteiger partial charge >= 0.3 is 0 Å². The van der Waals surface area contributed by atoms with Crippen LogP contribution in [-0.4, -0.2) is 50.6 Å². The van der Waals surface area contributed by atoms with Gasteiger partial charge in [-0.1, -0.05) is 23.7 Å². The first-order valence-corrected chi connectivity index (χ1v) is 8.52. The Morgan fingerprint density at radius 3 is 2.86 bits per heavy atom. The van der Waals surface area contributed by atoms with Crippen LogP contribution >= 0.6 is 11.6 Å². The predicted octanol–water partition coefficient (Wildman–Crippen LogP) is 3.19. The maximum atomic E-state index is 6.13. The Morgan fingerprint density at radius 1 is 1.23 bits per heavy atom. The highest BCUT2D eigenvalue weighted by Crippen LogP contribution is 2.25. The number of likely N-dealkylation sites (tertiary alicyclic amines) is 1. The number of rotatable bonds is 6. The van der Waals surface area contributed by atoms with Crippen LogP contribution in [0.25, 0.3) is 0 Å². The summed E-state index contributed by atoms with van der Waals surface area (Å²) >= 11 is 6.13. The summed E-state index contributed by atoms with van der Waals surface area (Å²) in [7, 11) is 0. The van der Waals surface area contributed by atoms with Gasteiger partial charge in [-0.2, -0.15) is 0 Å². The Morgan fingerprint density at radius 2 is 2.05 bits per heavy atom. The number of piperidine rings is 1. The van der Waals surface area contributed by atoms with E-state index in [-0.39, 0.29) is 6.29 Å². The van der Waals surface area contributed by atoms with Crippen molar-refractivity contribution in [1.82, 2.24) is 4.90 Å². The first kappa shape index (κ1) is 16.1. The lowest BCUT2D eigenvalue weighted by atomic mass is 9.99. The number of benzene rings is 1. The lowest BCUT2D eigenvalue weighted by Gasteiger charge is -2.33. The molecule has 2 aliphatic heterocycles. The lowest BCUT2D eigenvalue weighted by molar-refractivity contribution is -0.0534. The fourth-order valence-corrected chi connectivity index (χ4v) is 3.31. The van der Waals surface area contributed by atoms with E-state index in [9.17, 15) is 0 Å². The molecule has 0 radical (unpaired) electrons. The number of hydrogen-bond acceptors (Lipinski definition) is 4. The van der Waals surface area contributed by atoms with Gasteiger partial charge in [0.2, 0.25) is 0 Å². The molecule has 1 aromatic rings. The Kier molecular flexibility index (Phi) is 5.96. The highest BCUT2D eigenvalue weighted by molar-refractivity contribution is 6.32. The third-order valence-electron chi connectivity index (χ3n) is 4.29. The summed E-state index contributed by atoms with van der Waals surface area (Å²) in [4.78, 5) is 2.50. The molecule has 2 aliphatic rings. The van der Waals surface area contributed by atoms with Crippen molar-refractivity contribution < 1.29 is 14.2 Å². The van der Waals surface area contributed by atoms with Crippen LogP contribution in [-0.2, 0) is 9.47 Å². The van der Waals surface area contributed by atoms with Gasteiger partial charge in [-0.15, -0.1) is 0 Å². The summed E-state index contributed by atoms with van der Waals surface area (Å²) in [5.41, 5.74) is 0. The third kappa shape index (κ3) is 4.59. The number of para-hydroxylation sites is 1. The van der Waals surface area contributed by atoms with Crippen LogP contribution in [0.15, 0.2) is 24.3 Å². The van der Waals surface area contributed by atoms with E-state index in [2.05, 4.69) is 4.90 Å². The van der Waals surface area contributed by atoms with E-state index in [1.54, 1.807) is 0 Å². The monoisotopic (exact) mass is 325 g/mol. The largest absolute Gasteiger partial charge is 0.492 e. The van der Waals surface area contributed by atoms with E-state index < -0.39 is 0 Å². The molecule has 22 heavy (non-hydrogen) atoms. The minimum absolute atomic E-state index is 0.000230. The Hall–Kier alpha value is -0.810. The second kappa shape index (κ2) is 8.16. The quantitative estimate of drug-likeness (QED) is 0.803. The summed E-state index contributed by atoms with van der Waals surface area (Å²) in [5, 5.41) is 0.686. The van der Waals surface area contributed by atoms with Crippen molar-refractivity contribution in [1.29, 1.82) is 0 Å². The maximum Gasteiger partial charge on any atom is 0.159 e. The molecule has 5 heteroatoms. The van der Waals surface area contributed by atoms with E-state index in [4.69, 9.17) is 25.8 Å². The van der Waals surface area contributed by atoms with Crippen LogP contribution in [0.2, 0.25) is 5.02 Å². The molecule has 4 nitrogen and oxygen atoms in total. The summed E-state index contributed by atoms with van der Waals surface area (Å²) in [6.07, 6.45) is 3.40. The summed E-state index contributed by atoms with van der Waals surface area (Å²) in [5.74, 6) is 1.35. The van der Waals surface area contributed by atoms with E-state index in [1.165, 1.54) is 12.8 Å². The minimum atomic E-state index is -0.000230. The zero-order valence-electron chi connectivity index (χ0n) is 12.9. The van der Waals surface area contributed by atoms with E-state index >= 15 is 0 Å². The summed E-state index contributed by atoms with van der Waals surface area (Å²) in [6.45, 7) is 5.48. The number of nitrogens with zero attached hydrogens (tertiary/aromatic N) is 1. The molecule has 0 aliphatic carbocycles. The zero-order chi connectivity index (χ0) is 15.2. The number of ether oxygens (including phenoxy) is 3. The fraction of sp³-hybridized carbons (Fsp3) is 0.647. The molecule has 0 amide bonds. The Balaban J connectivity index is 1.41. The molecule has 2 saturated heterocycles. The van der Waals surface area contributed by atoms with Crippen LogP contribution in [0, 0.1) is 5.92 Å². The molecule has 3 rings (SSSR count). The van der Waals surface area contributed by atoms with E-state index in [0.29, 0.717) is 10.9 Å². The van der Waals surface area contributed by atoms with Crippen molar-refractivity contribution in [2.45, 2.75) is 25.6 Å². The highest BCUT2D eigenvalue weighted by atomic mass is 35.5. The van der Waals surface area contributed by atoms with Crippen molar-refractivity contribution in [2.75, 3.05) is 39.5 Å². The van der Waals surface area contributed by atoms with Crippen LogP contribution in [0.3, 0.4) is 0 Å². The molecule has 2 heterocycles.